The van der Waals surface area contributed by atoms with E-state index in [0.717, 1.165) is 22.5 Å². The number of Topliss-reactive ketones (excluding diaryl/α,β-unsaturated/α-hetero) is 1. The lowest BCUT2D eigenvalue weighted by Crippen LogP contribution is -2.29. The molecule has 0 bridgehead atoms. The van der Waals surface area contributed by atoms with Crippen LogP contribution in [0.5, 0.6) is 5.75 Å². The zero-order chi connectivity index (χ0) is 27.4. The summed E-state index contributed by atoms with van der Waals surface area (Å²) in [5.74, 6) is -1.78. The Balaban J connectivity index is 1.76. The number of halogens is 1. The average Bonchev–Trinajstić information content (AvgIpc) is 3.40. The number of carbonyl (C=O) groups is 2. The second kappa shape index (κ2) is 9.36. The van der Waals surface area contributed by atoms with E-state index in [1.54, 1.807) is 24.3 Å². The molecule has 1 atom stereocenters. The van der Waals surface area contributed by atoms with Gasteiger partial charge in [-0.25, -0.2) is 9.37 Å². The minimum absolute atomic E-state index is 0.0390. The third-order valence-electron chi connectivity index (χ3n) is 6.76. The van der Waals surface area contributed by atoms with Crippen molar-refractivity contribution in [3.8, 4) is 5.75 Å². The Hall–Kier alpha value is -4.04. The fourth-order valence-corrected chi connectivity index (χ4v) is 5.65. The number of aliphatic hydroxyl groups is 1. The number of rotatable bonds is 4. The zero-order valence-corrected chi connectivity index (χ0v) is 22.5. The van der Waals surface area contributed by atoms with E-state index in [1.165, 1.54) is 30.2 Å². The number of ether oxygens (including phenoxy) is 1. The Kier molecular flexibility index (Phi) is 6.31. The van der Waals surface area contributed by atoms with Crippen molar-refractivity contribution in [2.75, 3.05) is 12.0 Å². The summed E-state index contributed by atoms with van der Waals surface area (Å²) >= 11 is 1.11. The molecule has 0 aliphatic carbocycles. The molecular formula is C30H27FN2O4S. The number of hydrogen-bond acceptors (Lipinski definition) is 6. The van der Waals surface area contributed by atoms with Gasteiger partial charge in [0.1, 0.15) is 17.3 Å². The Bertz CT molecular complexity index is 1630. The van der Waals surface area contributed by atoms with Gasteiger partial charge in [0.15, 0.2) is 5.13 Å². The lowest BCUT2D eigenvalue weighted by Gasteiger charge is -2.24. The Morgan fingerprint density at radius 3 is 2.55 bits per heavy atom. The van der Waals surface area contributed by atoms with Gasteiger partial charge < -0.3 is 9.84 Å². The quantitative estimate of drug-likeness (QED) is 0.181. The van der Waals surface area contributed by atoms with Crippen molar-refractivity contribution in [1.82, 2.24) is 4.98 Å². The van der Waals surface area contributed by atoms with Crippen molar-refractivity contribution < 1.29 is 23.8 Å². The molecule has 0 radical (unpaired) electrons. The molecule has 2 heterocycles. The van der Waals surface area contributed by atoms with E-state index in [0.29, 0.717) is 27.1 Å². The van der Waals surface area contributed by atoms with Gasteiger partial charge in [-0.1, -0.05) is 56.4 Å². The lowest BCUT2D eigenvalue weighted by molar-refractivity contribution is -0.132. The molecule has 0 saturated carbocycles. The van der Waals surface area contributed by atoms with E-state index >= 15 is 0 Å². The van der Waals surface area contributed by atoms with E-state index < -0.39 is 23.5 Å². The molecule has 38 heavy (non-hydrogen) atoms. The third-order valence-corrected chi connectivity index (χ3v) is 7.78. The molecule has 1 unspecified atom stereocenters. The molecule has 4 aromatic rings. The molecule has 1 aliphatic rings. The summed E-state index contributed by atoms with van der Waals surface area (Å²) in [7, 11) is 1.53. The molecule has 1 N–H and O–H groups in total. The van der Waals surface area contributed by atoms with Crippen molar-refractivity contribution in [1.29, 1.82) is 0 Å². The van der Waals surface area contributed by atoms with Crippen LogP contribution in [0.4, 0.5) is 9.52 Å². The molecule has 3 aromatic carbocycles. The highest BCUT2D eigenvalue weighted by Gasteiger charge is 2.48. The van der Waals surface area contributed by atoms with Crippen molar-refractivity contribution in [3.63, 3.8) is 0 Å². The van der Waals surface area contributed by atoms with Crippen LogP contribution in [0.2, 0.25) is 0 Å². The van der Waals surface area contributed by atoms with Gasteiger partial charge in [-0.3, -0.25) is 14.5 Å². The largest absolute Gasteiger partial charge is 0.507 e. The van der Waals surface area contributed by atoms with E-state index in [4.69, 9.17) is 4.74 Å². The van der Waals surface area contributed by atoms with Crippen LogP contribution in [-0.4, -0.2) is 28.9 Å². The summed E-state index contributed by atoms with van der Waals surface area (Å²) in [6, 6.07) is 16.0. The summed E-state index contributed by atoms with van der Waals surface area (Å²) < 4.78 is 19.8. The molecule has 6 nitrogen and oxygen atoms in total. The number of benzene rings is 3. The number of hydrogen-bond donors (Lipinski definition) is 1. The first-order valence-electron chi connectivity index (χ1n) is 12.1. The van der Waals surface area contributed by atoms with Crippen LogP contribution in [0.15, 0.2) is 66.2 Å². The molecule has 1 aliphatic heterocycles. The van der Waals surface area contributed by atoms with E-state index in [2.05, 4.69) is 25.8 Å². The summed E-state index contributed by atoms with van der Waals surface area (Å²) in [5.41, 5.74) is 3.06. The number of methoxy groups -OCH3 is 1. The van der Waals surface area contributed by atoms with Crippen LogP contribution in [0, 0.1) is 12.7 Å². The number of fused-ring (bicyclic) bond motifs is 1. The Morgan fingerprint density at radius 1 is 1.08 bits per heavy atom. The van der Waals surface area contributed by atoms with Crippen LogP contribution in [0.1, 0.15) is 49.1 Å². The normalized spacial score (nSPS) is 17.4. The van der Waals surface area contributed by atoms with Gasteiger partial charge >= 0.3 is 5.91 Å². The average molecular weight is 531 g/mol. The van der Waals surface area contributed by atoms with Gasteiger partial charge in [0.25, 0.3) is 5.78 Å². The van der Waals surface area contributed by atoms with Gasteiger partial charge in [-0.05, 0) is 65.4 Å². The Morgan fingerprint density at radius 2 is 1.84 bits per heavy atom. The number of aliphatic hydroxyl groups excluding tert-OH is 1. The number of aryl methyl sites for hydroxylation is 1. The minimum atomic E-state index is -0.965. The molecular weight excluding hydrogens is 503 g/mol. The molecule has 0 spiro atoms. The number of thiazole rings is 1. The fourth-order valence-electron chi connectivity index (χ4n) is 4.63. The predicted octanol–water partition coefficient (Wildman–Crippen LogP) is 6.68. The maximum Gasteiger partial charge on any atom is 0.301 e. The number of carbonyl (C=O) groups excluding carboxylic acids is 2. The molecule has 8 heteroatoms. The highest BCUT2D eigenvalue weighted by Crippen LogP contribution is 2.45. The second-order valence-corrected chi connectivity index (χ2v) is 11.3. The number of amides is 1. The predicted molar refractivity (Wildman–Crippen MR) is 147 cm³/mol. The van der Waals surface area contributed by atoms with Gasteiger partial charge in [-0.15, -0.1) is 0 Å². The van der Waals surface area contributed by atoms with Crippen molar-refractivity contribution in [3.05, 3.63) is 94.3 Å². The number of ketones is 1. The highest BCUT2D eigenvalue weighted by atomic mass is 32.1. The van der Waals surface area contributed by atoms with Gasteiger partial charge in [-0.2, -0.15) is 0 Å². The second-order valence-electron chi connectivity index (χ2n) is 10.3. The first-order chi connectivity index (χ1) is 18.0. The topological polar surface area (TPSA) is 79.7 Å². The summed E-state index contributed by atoms with van der Waals surface area (Å²) in [6.45, 7) is 8.03. The van der Waals surface area contributed by atoms with E-state index in [9.17, 15) is 19.1 Å². The van der Waals surface area contributed by atoms with Crippen LogP contribution in [0.3, 0.4) is 0 Å². The monoisotopic (exact) mass is 530 g/mol. The van der Waals surface area contributed by atoms with Crippen molar-refractivity contribution >= 4 is 44.1 Å². The van der Waals surface area contributed by atoms with Crippen LogP contribution in [0.25, 0.3) is 16.0 Å². The minimum Gasteiger partial charge on any atom is -0.507 e. The number of aromatic nitrogens is 1. The smallest absolute Gasteiger partial charge is 0.301 e. The first kappa shape index (κ1) is 25.6. The standard InChI is InChI=1S/C30H27FN2O4S/c1-16-9-10-18(30(2,3)4)14-21(16)26(34)24-25(17-7-6-8-20(13-17)37-5)33(28(36)27(24)35)29-32-22-12-11-19(31)15-23(22)38-29/h6-15,25,34H,1-5H3/b26-24+. The number of anilines is 1. The Labute approximate surface area is 224 Å². The molecule has 1 amide bonds. The first-order valence-corrected chi connectivity index (χ1v) is 12.9. The molecule has 1 fully saturated rings. The van der Waals surface area contributed by atoms with Crippen LogP contribution >= 0.6 is 11.3 Å². The SMILES string of the molecule is COc1cccc(C2/C(=C(\O)c3cc(C(C)(C)C)ccc3C)C(=O)C(=O)N2c2nc3ccc(F)cc3s2)c1. The molecule has 1 aromatic heterocycles. The molecule has 194 valence electrons. The highest BCUT2D eigenvalue weighted by molar-refractivity contribution is 7.22. The van der Waals surface area contributed by atoms with E-state index in [1.807, 2.05) is 25.1 Å². The van der Waals surface area contributed by atoms with Gasteiger partial charge in [0.05, 0.1) is 28.9 Å². The zero-order valence-electron chi connectivity index (χ0n) is 21.7. The van der Waals surface area contributed by atoms with Crippen LogP contribution in [-0.2, 0) is 15.0 Å². The lowest BCUT2D eigenvalue weighted by atomic mass is 9.84. The number of nitrogens with zero attached hydrogens (tertiary/aromatic N) is 2. The summed E-state index contributed by atoms with van der Waals surface area (Å²) in [6.07, 6.45) is 0. The van der Waals surface area contributed by atoms with Gasteiger partial charge in [0, 0.05) is 5.56 Å². The van der Waals surface area contributed by atoms with Crippen molar-refractivity contribution in [2.45, 2.75) is 39.2 Å². The summed E-state index contributed by atoms with van der Waals surface area (Å²) in [5, 5.41) is 11.9. The summed E-state index contributed by atoms with van der Waals surface area (Å²) in [4.78, 5) is 32.9. The van der Waals surface area contributed by atoms with E-state index in [-0.39, 0.29) is 21.9 Å². The van der Waals surface area contributed by atoms with Crippen molar-refractivity contribution in [2.24, 2.45) is 0 Å². The maximum absolute atomic E-state index is 13.9. The maximum atomic E-state index is 13.9. The van der Waals surface area contributed by atoms with Crippen LogP contribution < -0.4 is 9.64 Å². The molecule has 1 saturated heterocycles. The molecule has 5 rings (SSSR count). The van der Waals surface area contributed by atoms with Gasteiger partial charge in [0.2, 0.25) is 0 Å². The fraction of sp³-hybridized carbons (Fsp3) is 0.233. The third kappa shape index (κ3) is 4.35.